The molecule has 0 aromatic heterocycles. The summed E-state index contributed by atoms with van der Waals surface area (Å²) in [4.78, 5) is 12.1. The largest absolute Gasteiger partial charge is 0.489 e. The lowest BCUT2D eigenvalue weighted by atomic mass is 9.99. The number of aryl methyl sites for hydroxylation is 2. The van der Waals surface area contributed by atoms with Gasteiger partial charge in [0.25, 0.3) is 0 Å². The summed E-state index contributed by atoms with van der Waals surface area (Å²) in [6.45, 7) is 8.25. The Morgan fingerprint density at radius 2 is 1.85 bits per heavy atom. The zero-order valence-electron chi connectivity index (χ0n) is 16.1. The van der Waals surface area contributed by atoms with Crippen molar-refractivity contribution in [2.24, 2.45) is 5.92 Å². The van der Waals surface area contributed by atoms with E-state index in [1.807, 2.05) is 64.1 Å². The summed E-state index contributed by atoms with van der Waals surface area (Å²) in [5, 5.41) is 0. The molecule has 0 aliphatic heterocycles. The standard InChI is InChI=1S/C20H28N4O2/c1-13(2)20(25)16-9-10-19(15(4)11-16)26-12-17-14(3)7-6-8-18(17)22-24-23-21-5/h6-11,13,21-24H,12H2,1-5H3. The van der Waals surface area contributed by atoms with Crippen LogP contribution in [0.1, 0.15) is 40.9 Å². The van der Waals surface area contributed by atoms with Crippen LogP contribution in [0, 0.1) is 19.8 Å². The molecule has 6 nitrogen and oxygen atoms in total. The second-order valence-electron chi connectivity index (χ2n) is 6.51. The number of hydrogen-bond donors (Lipinski definition) is 4. The van der Waals surface area contributed by atoms with E-state index in [0.717, 1.165) is 33.7 Å². The lowest BCUT2D eigenvalue weighted by molar-refractivity contribution is 0.0939. The number of hydrogen-bond acceptors (Lipinski definition) is 6. The Morgan fingerprint density at radius 1 is 1.08 bits per heavy atom. The van der Waals surface area contributed by atoms with Gasteiger partial charge in [0.15, 0.2) is 5.78 Å². The summed E-state index contributed by atoms with van der Waals surface area (Å²) < 4.78 is 6.03. The molecule has 0 spiro atoms. The van der Waals surface area contributed by atoms with Crippen molar-refractivity contribution in [2.75, 3.05) is 12.5 Å². The average molecular weight is 356 g/mol. The number of Topliss-reactive ketones (excluding diaryl/α,β-unsaturated/α-hetero) is 1. The van der Waals surface area contributed by atoms with Crippen LogP contribution in [-0.4, -0.2) is 12.8 Å². The number of nitrogens with one attached hydrogen (secondary N) is 4. The predicted octanol–water partition coefficient (Wildman–Crippen LogP) is 3.28. The molecule has 6 heteroatoms. The highest BCUT2D eigenvalue weighted by Gasteiger charge is 2.13. The second kappa shape index (κ2) is 9.33. The van der Waals surface area contributed by atoms with Gasteiger partial charge in [0.05, 0.1) is 5.69 Å². The minimum absolute atomic E-state index is 0.0134. The molecular formula is C20H28N4O2. The van der Waals surface area contributed by atoms with Crippen molar-refractivity contribution in [3.8, 4) is 5.75 Å². The van der Waals surface area contributed by atoms with Crippen LogP contribution in [0.4, 0.5) is 5.69 Å². The lowest BCUT2D eigenvalue weighted by Crippen LogP contribution is -2.44. The van der Waals surface area contributed by atoms with Gasteiger partial charge >= 0.3 is 0 Å². The van der Waals surface area contributed by atoms with E-state index in [2.05, 4.69) is 21.9 Å². The first-order chi connectivity index (χ1) is 12.4. The fourth-order valence-electron chi connectivity index (χ4n) is 2.62. The number of anilines is 1. The molecule has 0 unspecified atom stereocenters. The van der Waals surface area contributed by atoms with E-state index in [1.165, 1.54) is 0 Å². The first-order valence-corrected chi connectivity index (χ1v) is 8.73. The Hall–Kier alpha value is -2.41. The summed E-state index contributed by atoms with van der Waals surface area (Å²) in [6, 6.07) is 11.6. The first-order valence-electron chi connectivity index (χ1n) is 8.73. The Kier molecular flexibility index (Phi) is 7.15. The van der Waals surface area contributed by atoms with Gasteiger partial charge in [-0.1, -0.05) is 26.0 Å². The highest BCUT2D eigenvalue weighted by molar-refractivity contribution is 5.97. The van der Waals surface area contributed by atoms with Gasteiger partial charge in [-0.15, -0.1) is 0 Å². The maximum atomic E-state index is 12.1. The molecule has 0 amide bonds. The molecule has 0 radical (unpaired) electrons. The summed E-state index contributed by atoms with van der Waals surface area (Å²) >= 11 is 0. The normalized spacial score (nSPS) is 10.8. The zero-order valence-corrected chi connectivity index (χ0v) is 16.1. The van der Waals surface area contributed by atoms with Gasteiger partial charge in [-0.3, -0.25) is 4.79 Å². The monoisotopic (exact) mass is 356 g/mol. The molecule has 0 saturated carbocycles. The number of carbonyl (C=O) groups is 1. The van der Waals surface area contributed by atoms with E-state index >= 15 is 0 Å². The van der Waals surface area contributed by atoms with Crippen LogP contribution < -0.4 is 26.7 Å². The maximum absolute atomic E-state index is 12.1. The van der Waals surface area contributed by atoms with Crippen LogP contribution in [0.2, 0.25) is 0 Å². The van der Waals surface area contributed by atoms with E-state index in [1.54, 1.807) is 7.05 Å². The molecule has 2 aromatic carbocycles. The van der Waals surface area contributed by atoms with E-state index in [4.69, 9.17) is 4.74 Å². The molecule has 0 atom stereocenters. The average Bonchev–Trinajstić information content (AvgIpc) is 2.61. The number of rotatable bonds is 9. The molecule has 0 fully saturated rings. The minimum Gasteiger partial charge on any atom is -0.489 e. The number of hydrazine groups is 3. The van der Waals surface area contributed by atoms with Crippen LogP contribution in [0.3, 0.4) is 0 Å². The highest BCUT2D eigenvalue weighted by atomic mass is 16.5. The minimum atomic E-state index is -0.0134. The van der Waals surface area contributed by atoms with Crippen molar-refractivity contribution < 1.29 is 9.53 Å². The van der Waals surface area contributed by atoms with Crippen LogP contribution in [-0.2, 0) is 6.61 Å². The molecule has 2 rings (SSSR count). The quantitative estimate of drug-likeness (QED) is 0.314. The molecule has 0 bridgehead atoms. The number of ether oxygens (including phenoxy) is 1. The lowest BCUT2D eigenvalue weighted by Gasteiger charge is -2.17. The van der Waals surface area contributed by atoms with Gasteiger partial charge in [-0.05, 0) is 56.3 Å². The van der Waals surface area contributed by atoms with Crippen LogP contribution >= 0.6 is 0 Å². The van der Waals surface area contributed by atoms with Crippen molar-refractivity contribution in [2.45, 2.75) is 34.3 Å². The Morgan fingerprint density at radius 3 is 2.50 bits per heavy atom. The van der Waals surface area contributed by atoms with Crippen molar-refractivity contribution in [3.05, 3.63) is 58.7 Å². The van der Waals surface area contributed by atoms with Crippen LogP contribution in [0.15, 0.2) is 36.4 Å². The molecule has 4 N–H and O–H groups in total. The molecule has 2 aromatic rings. The van der Waals surface area contributed by atoms with Crippen LogP contribution in [0.5, 0.6) is 5.75 Å². The topological polar surface area (TPSA) is 74.4 Å². The summed E-state index contributed by atoms with van der Waals surface area (Å²) in [5.74, 6) is 0.912. The summed E-state index contributed by atoms with van der Waals surface area (Å²) in [6.07, 6.45) is 0. The van der Waals surface area contributed by atoms with Crippen LogP contribution in [0.25, 0.3) is 0 Å². The molecule has 140 valence electrons. The molecule has 0 aliphatic rings. The van der Waals surface area contributed by atoms with E-state index in [-0.39, 0.29) is 11.7 Å². The van der Waals surface area contributed by atoms with E-state index in [0.29, 0.717) is 6.61 Å². The fourth-order valence-corrected chi connectivity index (χ4v) is 2.62. The third-order valence-corrected chi connectivity index (χ3v) is 4.15. The first kappa shape index (κ1) is 19.9. The zero-order chi connectivity index (χ0) is 19.1. The summed E-state index contributed by atoms with van der Waals surface area (Å²) in [7, 11) is 1.77. The Balaban J connectivity index is 2.12. The van der Waals surface area contributed by atoms with Crippen molar-refractivity contribution in [1.82, 2.24) is 16.5 Å². The van der Waals surface area contributed by atoms with Gasteiger partial charge in [0.2, 0.25) is 0 Å². The Bertz CT molecular complexity index is 759. The van der Waals surface area contributed by atoms with Crippen molar-refractivity contribution in [3.63, 3.8) is 0 Å². The van der Waals surface area contributed by atoms with Gasteiger partial charge in [0, 0.05) is 17.0 Å². The molecule has 0 heterocycles. The highest BCUT2D eigenvalue weighted by Crippen LogP contribution is 2.25. The van der Waals surface area contributed by atoms with Crippen molar-refractivity contribution in [1.29, 1.82) is 0 Å². The number of ketones is 1. The van der Waals surface area contributed by atoms with Gasteiger partial charge in [-0.25, -0.2) is 5.43 Å². The third kappa shape index (κ3) is 5.05. The maximum Gasteiger partial charge on any atom is 0.165 e. The molecular weight excluding hydrogens is 328 g/mol. The van der Waals surface area contributed by atoms with E-state index in [9.17, 15) is 4.79 Å². The summed E-state index contributed by atoms with van der Waals surface area (Å²) in [5.41, 5.74) is 16.3. The smallest absolute Gasteiger partial charge is 0.165 e. The number of benzene rings is 2. The van der Waals surface area contributed by atoms with E-state index < -0.39 is 0 Å². The fraction of sp³-hybridized carbons (Fsp3) is 0.350. The third-order valence-electron chi connectivity index (χ3n) is 4.15. The van der Waals surface area contributed by atoms with Gasteiger partial charge in [-0.2, -0.15) is 11.1 Å². The second-order valence-corrected chi connectivity index (χ2v) is 6.51. The molecule has 0 saturated heterocycles. The van der Waals surface area contributed by atoms with Gasteiger partial charge < -0.3 is 10.2 Å². The molecule has 26 heavy (non-hydrogen) atoms. The van der Waals surface area contributed by atoms with Crippen molar-refractivity contribution >= 4 is 11.5 Å². The molecule has 0 aliphatic carbocycles. The predicted molar refractivity (Wildman–Crippen MR) is 105 cm³/mol. The Labute approximate surface area is 155 Å². The number of carbonyl (C=O) groups excluding carboxylic acids is 1. The SMILES string of the molecule is CNNNNc1cccc(C)c1COc1ccc(C(=O)C(C)C)cc1C. The van der Waals surface area contributed by atoms with Gasteiger partial charge in [0.1, 0.15) is 12.4 Å².